The van der Waals surface area contributed by atoms with E-state index in [1.165, 1.54) is 6.07 Å². The van der Waals surface area contributed by atoms with Crippen LogP contribution < -0.4 is 14.8 Å². The lowest BCUT2D eigenvalue weighted by atomic mass is 10.1. The Kier molecular flexibility index (Phi) is 3.54. The molecular weight excluding hydrogens is 328 g/mol. The topological polar surface area (TPSA) is 84.5 Å². The van der Waals surface area contributed by atoms with E-state index >= 15 is 0 Å². The zero-order valence-corrected chi connectivity index (χ0v) is 13.7. The summed E-state index contributed by atoms with van der Waals surface area (Å²) in [5, 5.41) is 2.69. The molecule has 0 saturated carbocycles. The summed E-state index contributed by atoms with van der Waals surface area (Å²) >= 11 is 0. The van der Waals surface area contributed by atoms with E-state index in [9.17, 15) is 13.2 Å². The van der Waals surface area contributed by atoms with Crippen molar-refractivity contribution in [3.63, 3.8) is 0 Å². The van der Waals surface area contributed by atoms with E-state index in [4.69, 9.17) is 4.74 Å². The summed E-state index contributed by atoms with van der Waals surface area (Å²) < 4.78 is 33.0. The molecule has 2 aliphatic heterocycles. The summed E-state index contributed by atoms with van der Waals surface area (Å²) in [6, 6.07) is 10.4. The smallest absolute Gasteiger partial charge is 0.240 e. The highest BCUT2D eigenvalue weighted by atomic mass is 32.2. The molecule has 6 nitrogen and oxygen atoms in total. The third-order valence-corrected chi connectivity index (χ3v) is 5.63. The fraction of sp³-hybridized carbons (Fsp3) is 0.235. The third-order valence-electron chi connectivity index (χ3n) is 4.23. The van der Waals surface area contributed by atoms with Gasteiger partial charge in [-0.1, -0.05) is 12.1 Å². The van der Waals surface area contributed by atoms with Crippen LogP contribution in [0.1, 0.15) is 16.7 Å². The maximum Gasteiger partial charge on any atom is 0.240 e. The molecule has 0 unspecified atom stereocenters. The molecule has 0 atom stereocenters. The second-order valence-electron chi connectivity index (χ2n) is 5.91. The van der Waals surface area contributed by atoms with Crippen molar-refractivity contribution >= 4 is 21.6 Å². The van der Waals surface area contributed by atoms with E-state index in [0.29, 0.717) is 17.9 Å². The lowest BCUT2D eigenvalue weighted by Gasteiger charge is -2.09. The molecule has 0 fully saturated rings. The van der Waals surface area contributed by atoms with E-state index < -0.39 is 10.0 Å². The number of hydrogen-bond acceptors (Lipinski definition) is 4. The summed E-state index contributed by atoms with van der Waals surface area (Å²) in [4.78, 5) is 11.5. The van der Waals surface area contributed by atoms with Crippen LogP contribution in [0.15, 0.2) is 41.3 Å². The standard InChI is InChI=1S/C17H16N2O4S/c20-17-9-13-8-14(2-3-15(13)19-17)24(21,22)18-10-11-1-4-16-12(7-11)5-6-23-16/h1-4,7-8,18H,5-6,9-10H2,(H,19,20). The number of rotatable bonds is 4. The Bertz CT molecular complexity index is 938. The fourth-order valence-electron chi connectivity index (χ4n) is 2.98. The van der Waals surface area contributed by atoms with Crippen LogP contribution in [0.25, 0.3) is 0 Å². The van der Waals surface area contributed by atoms with Crippen LogP contribution in [0.2, 0.25) is 0 Å². The largest absolute Gasteiger partial charge is 0.493 e. The van der Waals surface area contributed by atoms with Crippen molar-refractivity contribution in [3.8, 4) is 5.75 Å². The summed E-state index contributed by atoms with van der Waals surface area (Å²) in [5.41, 5.74) is 3.38. The van der Waals surface area contributed by atoms with Gasteiger partial charge in [-0.05, 0) is 41.0 Å². The SMILES string of the molecule is O=C1Cc2cc(S(=O)(=O)NCc3ccc4c(c3)CCO4)ccc2N1. The predicted molar refractivity (Wildman–Crippen MR) is 88.4 cm³/mol. The molecule has 0 saturated heterocycles. The fourth-order valence-corrected chi connectivity index (χ4v) is 4.05. The average Bonchev–Trinajstić information content (AvgIpc) is 3.16. The van der Waals surface area contributed by atoms with Crippen LogP contribution >= 0.6 is 0 Å². The number of carbonyl (C=O) groups excluding carboxylic acids is 1. The molecule has 0 bridgehead atoms. The van der Waals surface area contributed by atoms with Gasteiger partial charge in [0.15, 0.2) is 0 Å². The molecule has 2 heterocycles. The Balaban J connectivity index is 1.52. The van der Waals surface area contributed by atoms with Crippen molar-refractivity contribution in [1.82, 2.24) is 4.72 Å². The van der Waals surface area contributed by atoms with Gasteiger partial charge in [-0.15, -0.1) is 0 Å². The highest BCUT2D eigenvalue weighted by molar-refractivity contribution is 7.89. The van der Waals surface area contributed by atoms with Crippen molar-refractivity contribution in [3.05, 3.63) is 53.1 Å². The van der Waals surface area contributed by atoms with Crippen molar-refractivity contribution in [2.45, 2.75) is 24.3 Å². The zero-order chi connectivity index (χ0) is 16.7. The van der Waals surface area contributed by atoms with Crippen molar-refractivity contribution in [2.75, 3.05) is 11.9 Å². The third kappa shape index (κ3) is 2.76. The number of ether oxygens (including phenoxy) is 1. The molecule has 2 aliphatic rings. The molecule has 1 amide bonds. The summed E-state index contributed by atoms with van der Waals surface area (Å²) in [6.07, 6.45) is 1.06. The van der Waals surface area contributed by atoms with Crippen LogP contribution in [0.3, 0.4) is 0 Å². The quantitative estimate of drug-likeness (QED) is 0.882. The molecule has 2 aromatic carbocycles. The lowest BCUT2D eigenvalue weighted by molar-refractivity contribution is -0.115. The summed E-state index contributed by atoms with van der Waals surface area (Å²) in [6.45, 7) is 0.885. The second-order valence-corrected chi connectivity index (χ2v) is 7.68. The first-order valence-corrected chi connectivity index (χ1v) is 9.17. The lowest BCUT2D eigenvalue weighted by Crippen LogP contribution is -2.23. The molecule has 2 aromatic rings. The van der Waals surface area contributed by atoms with E-state index in [-0.39, 0.29) is 23.8 Å². The van der Waals surface area contributed by atoms with E-state index in [1.54, 1.807) is 12.1 Å². The van der Waals surface area contributed by atoms with Crippen LogP contribution in [-0.4, -0.2) is 20.9 Å². The molecule has 0 aromatic heterocycles. The Morgan fingerprint density at radius 2 is 2.00 bits per heavy atom. The number of benzene rings is 2. The number of anilines is 1. The van der Waals surface area contributed by atoms with Gasteiger partial charge in [0.2, 0.25) is 15.9 Å². The van der Waals surface area contributed by atoms with Gasteiger partial charge in [-0.3, -0.25) is 4.79 Å². The Hall–Kier alpha value is -2.38. The molecule has 24 heavy (non-hydrogen) atoms. The van der Waals surface area contributed by atoms with Crippen LogP contribution in [0, 0.1) is 0 Å². The molecular formula is C17H16N2O4S. The van der Waals surface area contributed by atoms with Gasteiger partial charge in [-0.2, -0.15) is 0 Å². The van der Waals surface area contributed by atoms with Gasteiger partial charge in [-0.25, -0.2) is 13.1 Å². The minimum Gasteiger partial charge on any atom is -0.493 e. The minimum absolute atomic E-state index is 0.118. The molecule has 2 N–H and O–H groups in total. The Morgan fingerprint density at radius 1 is 1.12 bits per heavy atom. The summed E-state index contributed by atoms with van der Waals surface area (Å²) in [5.74, 6) is 0.755. The second kappa shape index (κ2) is 5.61. The normalized spacial score (nSPS) is 15.6. The molecule has 124 valence electrons. The molecule has 0 aliphatic carbocycles. The number of fused-ring (bicyclic) bond motifs is 2. The molecule has 4 rings (SSSR count). The first-order chi connectivity index (χ1) is 11.5. The number of sulfonamides is 1. The predicted octanol–water partition coefficient (Wildman–Crippen LogP) is 1.59. The number of hydrogen-bond donors (Lipinski definition) is 2. The number of amides is 1. The van der Waals surface area contributed by atoms with Crippen LogP contribution in [0.5, 0.6) is 5.75 Å². The first-order valence-electron chi connectivity index (χ1n) is 7.68. The molecule has 7 heteroatoms. The van der Waals surface area contributed by atoms with Gasteiger partial charge in [0, 0.05) is 18.7 Å². The van der Waals surface area contributed by atoms with E-state index in [0.717, 1.165) is 23.3 Å². The van der Waals surface area contributed by atoms with Gasteiger partial charge in [0.1, 0.15) is 5.75 Å². The van der Waals surface area contributed by atoms with E-state index in [2.05, 4.69) is 10.0 Å². The van der Waals surface area contributed by atoms with Crippen LogP contribution in [0.4, 0.5) is 5.69 Å². The van der Waals surface area contributed by atoms with Gasteiger partial charge in [0.05, 0.1) is 17.9 Å². The van der Waals surface area contributed by atoms with Crippen molar-refractivity contribution < 1.29 is 17.9 Å². The average molecular weight is 344 g/mol. The van der Waals surface area contributed by atoms with Gasteiger partial charge in [0.25, 0.3) is 0 Å². The number of carbonyl (C=O) groups is 1. The van der Waals surface area contributed by atoms with Crippen molar-refractivity contribution in [1.29, 1.82) is 0 Å². The summed E-state index contributed by atoms with van der Waals surface area (Å²) in [7, 11) is -3.63. The highest BCUT2D eigenvalue weighted by Crippen LogP contribution is 2.27. The number of nitrogens with one attached hydrogen (secondary N) is 2. The monoisotopic (exact) mass is 344 g/mol. The maximum atomic E-state index is 12.5. The van der Waals surface area contributed by atoms with Crippen LogP contribution in [-0.2, 0) is 34.2 Å². The minimum atomic E-state index is -3.63. The van der Waals surface area contributed by atoms with Gasteiger partial charge >= 0.3 is 0 Å². The highest BCUT2D eigenvalue weighted by Gasteiger charge is 2.22. The zero-order valence-electron chi connectivity index (χ0n) is 12.8. The molecule has 0 radical (unpaired) electrons. The Morgan fingerprint density at radius 3 is 2.88 bits per heavy atom. The van der Waals surface area contributed by atoms with Gasteiger partial charge < -0.3 is 10.1 Å². The first kappa shape index (κ1) is 15.2. The maximum absolute atomic E-state index is 12.5. The van der Waals surface area contributed by atoms with Crippen molar-refractivity contribution in [2.24, 2.45) is 0 Å². The van der Waals surface area contributed by atoms with E-state index in [1.807, 2.05) is 18.2 Å². The Labute approximate surface area is 139 Å². The molecule has 0 spiro atoms.